The molecule has 0 aliphatic carbocycles. The smallest absolute Gasteiger partial charge is 0.336 e. The maximum atomic E-state index is 10.9. The van der Waals surface area contributed by atoms with Crippen LogP contribution in [0.15, 0.2) is 23.1 Å². The van der Waals surface area contributed by atoms with Crippen LogP contribution in [0.3, 0.4) is 0 Å². The van der Waals surface area contributed by atoms with Crippen molar-refractivity contribution in [3.8, 4) is 5.06 Å². The summed E-state index contributed by atoms with van der Waals surface area (Å²) in [7, 11) is 0. The van der Waals surface area contributed by atoms with E-state index in [0.29, 0.717) is 10.3 Å². The molecule has 0 aliphatic heterocycles. The van der Waals surface area contributed by atoms with Gasteiger partial charge in [-0.25, -0.2) is 4.79 Å². The largest absolute Gasteiger partial charge is 0.499 e. The lowest BCUT2D eigenvalue weighted by atomic mass is 10.1. The Hall–Kier alpha value is -1.20. The molecular formula is C9H6O3S2. The van der Waals surface area contributed by atoms with Crippen LogP contribution in [0.5, 0.6) is 5.06 Å². The fraction of sp³-hybridized carbons (Fsp3) is 0. The second-order valence-electron chi connectivity index (χ2n) is 2.79. The second-order valence-corrected chi connectivity index (χ2v) is 4.37. The summed E-state index contributed by atoms with van der Waals surface area (Å²) in [5, 5.41) is 18.8. The first-order valence-electron chi connectivity index (χ1n) is 3.77. The Morgan fingerprint density at radius 2 is 2.07 bits per heavy atom. The van der Waals surface area contributed by atoms with Gasteiger partial charge in [-0.1, -0.05) is 11.3 Å². The van der Waals surface area contributed by atoms with Gasteiger partial charge in [0.25, 0.3) is 0 Å². The van der Waals surface area contributed by atoms with Gasteiger partial charge in [0.1, 0.15) is 0 Å². The highest BCUT2D eigenvalue weighted by Crippen LogP contribution is 2.34. The molecular weight excluding hydrogens is 220 g/mol. The molecule has 14 heavy (non-hydrogen) atoms. The van der Waals surface area contributed by atoms with Gasteiger partial charge < -0.3 is 10.2 Å². The minimum absolute atomic E-state index is 0.112. The van der Waals surface area contributed by atoms with E-state index >= 15 is 0 Å². The van der Waals surface area contributed by atoms with E-state index in [2.05, 4.69) is 12.6 Å². The number of thiophene rings is 1. The number of fused-ring (bicyclic) bond motifs is 1. The Morgan fingerprint density at radius 1 is 1.36 bits per heavy atom. The minimum atomic E-state index is -1.01. The second kappa shape index (κ2) is 3.18. The number of hydrogen-bond donors (Lipinski definition) is 3. The number of thiol groups is 1. The first kappa shape index (κ1) is 9.36. The van der Waals surface area contributed by atoms with Crippen molar-refractivity contribution in [2.75, 3.05) is 0 Å². The zero-order valence-corrected chi connectivity index (χ0v) is 8.60. The summed E-state index contributed by atoms with van der Waals surface area (Å²) in [5.41, 5.74) is 0.170. The summed E-state index contributed by atoms with van der Waals surface area (Å²) in [6.45, 7) is 0. The number of benzene rings is 1. The first-order valence-corrected chi connectivity index (χ1v) is 5.03. The van der Waals surface area contributed by atoms with Gasteiger partial charge in [-0.3, -0.25) is 0 Å². The van der Waals surface area contributed by atoms with E-state index in [1.54, 1.807) is 6.07 Å². The van der Waals surface area contributed by atoms with Crippen LogP contribution in [0.1, 0.15) is 10.4 Å². The van der Waals surface area contributed by atoms with Gasteiger partial charge in [0.2, 0.25) is 0 Å². The minimum Gasteiger partial charge on any atom is -0.499 e. The fourth-order valence-corrected chi connectivity index (χ4v) is 2.50. The zero-order valence-electron chi connectivity index (χ0n) is 6.89. The molecule has 5 heteroatoms. The number of hydrogen-bond acceptors (Lipinski definition) is 4. The van der Waals surface area contributed by atoms with Crippen molar-refractivity contribution in [1.29, 1.82) is 0 Å². The molecule has 2 aromatic rings. The van der Waals surface area contributed by atoms with E-state index in [-0.39, 0.29) is 10.6 Å². The van der Waals surface area contributed by atoms with Crippen molar-refractivity contribution >= 4 is 40.0 Å². The van der Waals surface area contributed by atoms with E-state index < -0.39 is 5.97 Å². The molecule has 0 radical (unpaired) electrons. The van der Waals surface area contributed by atoms with E-state index in [1.165, 1.54) is 12.1 Å². The van der Waals surface area contributed by atoms with Crippen molar-refractivity contribution in [2.45, 2.75) is 4.90 Å². The predicted molar refractivity (Wildman–Crippen MR) is 57.7 cm³/mol. The number of aromatic hydroxyl groups is 1. The van der Waals surface area contributed by atoms with Gasteiger partial charge in [-0.2, -0.15) is 0 Å². The third-order valence-corrected chi connectivity index (χ3v) is 2.98. The number of carboxylic acids is 1. The lowest BCUT2D eigenvalue weighted by molar-refractivity contribution is 0.0699. The maximum absolute atomic E-state index is 10.9. The van der Waals surface area contributed by atoms with Gasteiger partial charge >= 0.3 is 5.97 Å². The van der Waals surface area contributed by atoms with Gasteiger partial charge in [-0.05, 0) is 12.1 Å². The molecule has 0 atom stereocenters. The third-order valence-electron chi connectivity index (χ3n) is 1.84. The summed E-state index contributed by atoms with van der Waals surface area (Å²) >= 11 is 5.24. The van der Waals surface area contributed by atoms with Crippen molar-refractivity contribution in [2.24, 2.45) is 0 Å². The van der Waals surface area contributed by atoms with Crippen LogP contribution in [0.4, 0.5) is 0 Å². The highest BCUT2D eigenvalue weighted by molar-refractivity contribution is 7.80. The SMILES string of the molecule is O=C(O)c1cc(S)cc2sc(O)cc12. The number of carboxylic acid groups (broad SMARTS) is 1. The Labute approximate surface area is 89.0 Å². The Kier molecular flexibility index (Phi) is 2.13. The monoisotopic (exact) mass is 226 g/mol. The molecule has 3 nitrogen and oxygen atoms in total. The predicted octanol–water partition coefficient (Wildman–Crippen LogP) is 2.59. The maximum Gasteiger partial charge on any atom is 0.336 e. The Bertz CT molecular complexity index is 516. The quantitative estimate of drug-likeness (QED) is 0.655. The van der Waals surface area contributed by atoms with E-state index in [4.69, 9.17) is 5.11 Å². The van der Waals surface area contributed by atoms with Crippen molar-refractivity contribution in [1.82, 2.24) is 0 Å². The molecule has 0 aliphatic rings. The molecule has 2 rings (SSSR count). The molecule has 1 heterocycles. The van der Waals surface area contributed by atoms with E-state index in [9.17, 15) is 9.90 Å². The summed E-state index contributed by atoms with van der Waals surface area (Å²) in [4.78, 5) is 11.4. The molecule has 2 N–H and O–H groups in total. The standard InChI is InChI=1S/C9H6O3S2/c10-8-3-5-6(9(11)12)1-4(13)2-7(5)14-8/h1-3,10,13H,(H,11,12). The van der Waals surface area contributed by atoms with E-state index in [0.717, 1.165) is 16.0 Å². The van der Waals surface area contributed by atoms with Crippen LogP contribution in [-0.2, 0) is 0 Å². The van der Waals surface area contributed by atoms with Crippen LogP contribution in [0, 0.1) is 0 Å². The van der Waals surface area contributed by atoms with Gasteiger partial charge in [0, 0.05) is 21.0 Å². The normalized spacial score (nSPS) is 10.6. The van der Waals surface area contributed by atoms with Crippen molar-refractivity contribution in [3.05, 3.63) is 23.8 Å². The van der Waals surface area contributed by atoms with Gasteiger partial charge in [0.15, 0.2) is 5.06 Å². The molecule has 0 saturated carbocycles. The summed E-state index contributed by atoms with van der Waals surface area (Å²) in [5.74, 6) is -1.01. The lowest BCUT2D eigenvalue weighted by Crippen LogP contribution is -1.96. The fourth-order valence-electron chi connectivity index (χ4n) is 1.29. The summed E-state index contributed by atoms with van der Waals surface area (Å²) in [6.07, 6.45) is 0. The van der Waals surface area contributed by atoms with Crippen LogP contribution < -0.4 is 0 Å². The highest BCUT2D eigenvalue weighted by atomic mass is 32.1. The molecule has 0 bridgehead atoms. The zero-order chi connectivity index (χ0) is 10.3. The average molecular weight is 226 g/mol. The number of aromatic carboxylic acids is 1. The van der Waals surface area contributed by atoms with Crippen LogP contribution in [0.2, 0.25) is 0 Å². The summed E-state index contributed by atoms with van der Waals surface area (Å²) in [6, 6.07) is 4.66. The number of carbonyl (C=O) groups is 1. The average Bonchev–Trinajstić information content (AvgIpc) is 2.42. The van der Waals surface area contributed by atoms with Gasteiger partial charge in [0.05, 0.1) is 5.56 Å². The molecule has 1 aromatic carbocycles. The molecule has 0 saturated heterocycles. The first-order chi connectivity index (χ1) is 6.58. The lowest BCUT2D eigenvalue weighted by Gasteiger charge is -1.98. The molecule has 0 unspecified atom stereocenters. The van der Waals surface area contributed by atoms with E-state index in [1.807, 2.05) is 0 Å². The highest BCUT2D eigenvalue weighted by Gasteiger charge is 2.12. The molecule has 72 valence electrons. The summed E-state index contributed by atoms with van der Waals surface area (Å²) < 4.78 is 0.729. The van der Waals surface area contributed by atoms with Crippen LogP contribution in [0.25, 0.3) is 10.1 Å². The van der Waals surface area contributed by atoms with Crippen molar-refractivity contribution < 1.29 is 15.0 Å². The Morgan fingerprint density at radius 3 is 2.71 bits per heavy atom. The number of rotatable bonds is 1. The van der Waals surface area contributed by atoms with Gasteiger partial charge in [-0.15, -0.1) is 12.6 Å². The van der Waals surface area contributed by atoms with Crippen LogP contribution in [-0.4, -0.2) is 16.2 Å². The van der Waals surface area contributed by atoms with Crippen molar-refractivity contribution in [3.63, 3.8) is 0 Å². The molecule has 0 spiro atoms. The molecule has 0 amide bonds. The third kappa shape index (κ3) is 1.44. The molecule has 0 fully saturated rings. The molecule has 1 aromatic heterocycles. The topological polar surface area (TPSA) is 57.5 Å². The Balaban J connectivity index is 2.85. The van der Waals surface area contributed by atoms with Crippen LogP contribution >= 0.6 is 24.0 Å².